The summed E-state index contributed by atoms with van der Waals surface area (Å²) in [7, 11) is 0. The number of esters is 1. The Bertz CT molecular complexity index is 652. The van der Waals surface area contributed by atoms with Crippen LogP contribution in [-0.4, -0.2) is 17.6 Å². The van der Waals surface area contributed by atoms with E-state index in [0.29, 0.717) is 21.9 Å². The van der Waals surface area contributed by atoms with Gasteiger partial charge in [0.25, 0.3) is 0 Å². The molecule has 0 aliphatic heterocycles. The summed E-state index contributed by atoms with van der Waals surface area (Å²) < 4.78 is 43.5. The maximum Gasteiger partial charge on any atom is 0.435 e. The molecule has 0 fully saturated rings. The number of hydrogen-bond acceptors (Lipinski definition) is 4. The Morgan fingerprint density at radius 2 is 1.95 bits per heavy atom. The van der Waals surface area contributed by atoms with Crippen LogP contribution in [0.3, 0.4) is 0 Å². The predicted octanol–water partition coefficient (Wildman–Crippen LogP) is 4.66. The van der Waals surface area contributed by atoms with Crippen LogP contribution in [-0.2, 0) is 10.9 Å². The van der Waals surface area contributed by atoms with Crippen molar-refractivity contribution in [3.63, 3.8) is 0 Å². The first-order chi connectivity index (χ1) is 9.82. The number of benzene rings is 1. The molecule has 0 atom stereocenters. The number of ether oxygens (including phenoxy) is 1. The lowest BCUT2D eigenvalue weighted by Gasteiger charge is -2.05. The zero-order chi connectivity index (χ0) is 15.6. The Kier molecular flexibility index (Phi) is 4.53. The fourth-order valence-electron chi connectivity index (χ4n) is 1.56. The quantitative estimate of drug-likeness (QED) is 0.766. The van der Waals surface area contributed by atoms with Gasteiger partial charge in [-0.3, -0.25) is 0 Å². The van der Waals surface area contributed by atoms with E-state index in [1.165, 1.54) is 31.2 Å². The Hall–Kier alpha value is -1.60. The molecule has 8 heteroatoms. The van der Waals surface area contributed by atoms with E-state index in [9.17, 15) is 18.0 Å². The lowest BCUT2D eigenvalue weighted by molar-refractivity contribution is -0.141. The van der Waals surface area contributed by atoms with E-state index >= 15 is 0 Å². The van der Waals surface area contributed by atoms with E-state index in [1.54, 1.807) is 0 Å². The minimum absolute atomic E-state index is 0.00961. The second kappa shape index (κ2) is 6.03. The molecule has 1 aromatic heterocycles. The summed E-state index contributed by atoms with van der Waals surface area (Å²) in [5.74, 6) is -1.03. The van der Waals surface area contributed by atoms with E-state index in [2.05, 4.69) is 9.72 Å². The first-order valence-electron chi connectivity index (χ1n) is 5.84. The molecule has 0 saturated carbocycles. The fraction of sp³-hybridized carbons (Fsp3) is 0.231. The zero-order valence-electron chi connectivity index (χ0n) is 10.7. The van der Waals surface area contributed by atoms with E-state index < -0.39 is 22.7 Å². The summed E-state index contributed by atoms with van der Waals surface area (Å²) in [6, 6.07) is 6.15. The molecular weight excluding hydrogens is 327 g/mol. The standard InChI is InChI=1S/C13H9ClF3NO2S/c1-2-20-12(19)9-10(13(15,16)17)18-11(21-9)7-3-5-8(14)6-4-7/h3-6H,2H2,1H3. The van der Waals surface area contributed by atoms with Crippen LogP contribution in [0.4, 0.5) is 13.2 Å². The molecule has 1 heterocycles. The molecule has 0 unspecified atom stereocenters. The molecule has 1 aromatic carbocycles. The van der Waals surface area contributed by atoms with Gasteiger partial charge in [0.05, 0.1) is 6.61 Å². The van der Waals surface area contributed by atoms with Crippen LogP contribution in [0.2, 0.25) is 5.02 Å². The third-order valence-corrected chi connectivity index (χ3v) is 3.78. The zero-order valence-corrected chi connectivity index (χ0v) is 12.3. The van der Waals surface area contributed by atoms with Gasteiger partial charge in [0, 0.05) is 10.6 Å². The van der Waals surface area contributed by atoms with Gasteiger partial charge < -0.3 is 4.74 Å². The summed E-state index contributed by atoms with van der Waals surface area (Å²) >= 11 is 6.37. The summed E-state index contributed by atoms with van der Waals surface area (Å²) in [5, 5.41) is 0.541. The Labute approximate surface area is 127 Å². The van der Waals surface area contributed by atoms with E-state index in [4.69, 9.17) is 11.6 Å². The average molecular weight is 336 g/mol. The number of thiazole rings is 1. The number of alkyl halides is 3. The summed E-state index contributed by atoms with van der Waals surface area (Å²) in [4.78, 5) is 14.6. The third-order valence-electron chi connectivity index (χ3n) is 2.45. The van der Waals surface area contributed by atoms with E-state index in [-0.39, 0.29) is 11.6 Å². The number of nitrogens with zero attached hydrogens (tertiary/aromatic N) is 1. The Morgan fingerprint density at radius 3 is 2.48 bits per heavy atom. The molecule has 2 aromatic rings. The van der Waals surface area contributed by atoms with Crippen molar-refractivity contribution in [1.82, 2.24) is 4.98 Å². The highest BCUT2D eigenvalue weighted by Crippen LogP contribution is 2.38. The van der Waals surface area contributed by atoms with Gasteiger partial charge >= 0.3 is 12.1 Å². The van der Waals surface area contributed by atoms with E-state index in [0.717, 1.165) is 0 Å². The molecule has 0 aliphatic carbocycles. The normalized spacial score (nSPS) is 11.5. The van der Waals surface area contributed by atoms with Crippen LogP contribution in [0, 0.1) is 0 Å². The highest BCUT2D eigenvalue weighted by atomic mass is 35.5. The van der Waals surface area contributed by atoms with Crippen LogP contribution < -0.4 is 0 Å². The fourth-order valence-corrected chi connectivity index (χ4v) is 2.67. The van der Waals surface area contributed by atoms with Crippen molar-refractivity contribution in [2.75, 3.05) is 6.61 Å². The Balaban J connectivity index is 2.50. The Morgan fingerprint density at radius 1 is 1.33 bits per heavy atom. The molecule has 0 radical (unpaired) electrons. The minimum Gasteiger partial charge on any atom is -0.462 e. The first kappa shape index (κ1) is 15.8. The maximum absolute atomic E-state index is 13.0. The van der Waals surface area contributed by atoms with E-state index in [1.807, 2.05) is 0 Å². The van der Waals surface area contributed by atoms with Gasteiger partial charge in [-0.15, -0.1) is 11.3 Å². The lowest BCUT2D eigenvalue weighted by atomic mass is 10.2. The highest BCUT2D eigenvalue weighted by Gasteiger charge is 2.40. The van der Waals surface area contributed by atoms with Crippen molar-refractivity contribution in [3.05, 3.63) is 39.9 Å². The molecule has 0 amide bonds. The SMILES string of the molecule is CCOC(=O)c1sc(-c2ccc(Cl)cc2)nc1C(F)(F)F. The maximum atomic E-state index is 13.0. The van der Waals surface area contributed by atoms with Crippen LogP contribution in [0.1, 0.15) is 22.3 Å². The van der Waals surface area contributed by atoms with Crippen molar-refractivity contribution in [1.29, 1.82) is 0 Å². The number of rotatable bonds is 3. The number of halogens is 4. The molecule has 0 aliphatic rings. The second-order valence-corrected chi connectivity index (χ2v) is 5.36. The molecule has 112 valence electrons. The van der Waals surface area contributed by atoms with Gasteiger partial charge in [0.2, 0.25) is 0 Å². The average Bonchev–Trinajstić information content (AvgIpc) is 2.85. The summed E-state index contributed by atoms with van der Waals surface area (Å²) in [5.41, 5.74) is -0.777. The monoisotopic (exact) mass is 335 g/mol. The third kappa shape index (κ3) is 3.54. The van der Waals surface area contributed by atoms with Crippen molar-refractivity contribution in [2.24, 2.45) is 0 Å². The molecule has 2 rings (SSSR count). The van der Waals surface area contributed by atoms with Gasteiger partial charge in [-0.25, -0.2) is 9.78 Å². The summed E-state index contributed by atoms with van der Waals surface area (Å²) in [6.45, 7) is 1.51. The van der Waals surface area contributed by atoms with Crippen molar-refractivity contribution in [3.8, 4) is 10.6 Å². The highest BCUT2D eigenvalue weighted by molar-refractivity contribution is 7.17. The van der Waals surface area contributed by atoms with Crippen molar-refractivity contribution in [2.45, 2.75) is 13.1 Å². The number of carbonyl (C=O) groups is 1. The van der Waals surface area contributed by atoms with Crippen LogP contribution in [0.5, 0.6) is 0 Å². The first-order valence-corrected chi connectivity index (χ1v) is 7.03. The van der Waals surface area contributed by atoms with Crippen LogP contribution >= 0.6 is 22.9 Å². The van der Waals surface area contributed by atoms with Gasteiger partial charge in [-0.2, -0.15) is 13.2 Å². The second-order valence-electron chi connectivity index (χ2n) is 3.92. The number of hydrogen-bond donors (Lipinski definition) is 0. The van der Waals surface area contributed by atoms with Crippen LogP contribution in [0.25, 0.3) is 10.6 Å². The summed E-state index contributed by atoms with van der Waals surface area (Å²) in [6.07, 6.45) is -4.72. The smallest absolute Gasteiger partial charge is 0.435 e. The molecule has 0 N–H and O–H groups in total. The minimum atomic E-state index is -4.72. The molecule has 3 nitrogen and oxygen atoms in total. The van der Waals surface area contributed by atoms with Crippen LogP contribution in [0.15, 0.2) is 24.3 Å². The topological polar surface area (TPSA) is 39.2 Å². The largest absolute Gasteiger partial charge is 0.462 e. The number of carbonyl (C=O) groups excluding carboxylic acids is 1. The molecule has 0 spiro atoms. The van der Waals surface area contributed by atoms with Gasteiger partial charge in [0.1, 0.15) is 9.88 Å². The van der Waals surface area contributed by atoms with Crippen molar-refractivity contribution < 1.29 is 22.7 Å². The molecule has 21 heavy (non-hydrogen) atoms. The molecule has 0 saturated heterocycles. The predicted molar refractivity (Wildman–Crippen MR) is 73.5 cm³/mol. The van der Waals surface area contributed by atoms with Crippen molar-refractivity contribution >= 4 is 28.9 Å². The lowest BCUT2D eigenvalue weighted by Crippen LogP contribution is -2.13. The molecular formula is C13H9ClF3NO2S. The molecule has 0 bridgehead atoms. The van der Waals surface area contributed by atoms with Gasteiger partial charge in [-0.1, -0.05) is 23.7 Å². The number of aromatic nitrogens is 1. The van der Waals surface area contributed by atoms with Gasteiger partial charge in [0.15, 0.2) is 5.69 Å². The van der Waals surface area contributed by atoms with Gasteiger partial charge in [-0.05, 0) is 19.1 Å².